The standard InChI is InChI=1S/C8H18N2O/c1-2-10-6-4-8(11,7-10)3-5-9/h11H,2-7,9H2,1H3. The van der Waals surface area contributed by atoms with Crippen LogP contribution in [0.15, 0.2) is 0 Å². The van der Waals surface area contributed by atoms with Gasteiger partial charge in [-0.25, -0.2) is 0 Å². The molecule has 1 heterocycles. The van der Waals surface area contributed by atoms with Gasteiger partial charge in [0.05, 0.1) is 5.60 Å². The molecule has 0 amide bonds. The largest absolute Gasteiger partial charge is 0.388 e. The monoisotopic (exact) mass is 158 g/mol. The number of likely N-dealkylation sites (N-methyl/N-ethyl adjacent to an activating group) is 1. The Morgan fingerprint density at radius 2 is 2.36 bits per heavy atom. The van der Waals surface area contributed by atoms with Gasteiger partial charge in [-0.15, -0.1) is 0 Å². The Hall–Kier alpha value is -0.120. The SMILES string of the molecule is CCN1CCC(O)(CCN)C1. The van der Waals surface area contributed by atoms with Crippen molar-refractivity contribution >= 4 is 0 Å². The fourth-order valence-corrected chi connectivity index (χ4v) is 1.68. The molecule has 1 saturated heterocycles. The average Bonchev–Trinajstić information content (AvgIpc) is 2.33. The summed E-state index contributed by atoms with van der Waals surface area (Å²) in [5.41, 5.74) is 4.92. The zero-order valence-corrected chi connectivity index (χ0v) is 7.21. The van der Waals surface area contributed by atoms with Gasteiger partial charge in [-0.05, 0) is 25.9 Å². The highest BCUT2D eigenvalue weighted by atomic mass is 16.3. The Morgan fingerprint density at radius 1 is 1.64 bits per heavy atom. The first kappa shape index (κ1) is 8.97. The summed E-state index contributed by atoms with van der Waals surface area (Å²) in [7, 11) is 0. The highest BCUT2D eigenvalue weighted by Gasteiger charge is 2.34. The molecule has 1 unspecified atom stereocenters. The van der Waals surface area contributed by atoms with Gasteiger partial charge >= 0.3 is 0 Å². The first-order valence-corrected chi connectivity index (χ1v) is 4.35. The molecule has 0 aromatic carbocycles. The van der Waals surface area contributed by atoms with E-state index < -0.39 is 5.60 Å². The minimum Gasteiger partial charge on any atom is -0.388 e. The van der Waals surface area contributed by atoms with Gasteiger partial charge in [-0.3, -0.25) is 0 Å². The first-order chi connectivity index (χ1) is 5.20. The van der Waals surface area contributed by atoms with Crippen LogP contribution in [0.4, 0.5) is 0 Å². The lowest BCUT2D eigenvalue weighted by Gasteiger charge is -2.21. The predicted octanol–water partition coefficient (Wildman–Crippen LogP) is -0.208. The molecule has 0 spiro atoms. The Kier molecular flexibility index (Phi) is 2.87. The minimum absolute atomic E-state index is 0.481. The summed E-state index contributed by atoms with van der Waals surface area (Å²) >= 11 is 0. The van der Waals surface area contributed by atoms with E-state index in [0.717, 1.165) is 32.5 Å². The van der Waals surface area contributed by atoms with E-state index >= 15 is 0 Å². The maximum atomic E-state index is 9.87. The van der Waals surface area contributed by atoms with Crippen LogP contribution in [0.1, 0.15) is 19.8 Å². The van der Waals surface area contributed by atoms with E-state index in [1.807, 2.05) is 0 Å². The van der Waals surface area contributed by atoms with Gasteiger partial charge in [-0.1, -0.05) is 6.92 Å². The minimum atomic E-state index is -0.481. The van der Waals surface area contributed by atoms with Crippen LogP contribution in [-0.4, -0.2) is 41.8 Å². The maximum Gasteiger partial charge on any atom is 0.0798 e. The van der Waals surface area contributed by atoms with Crippen molar-refractivity contribution in [1.29, 1.82) is 0 Å². The van der Waals surface area contributed by atoms with E-state index in [9.17, 15) is 5.11 Å². The molecule has 0 saturated carbocycles. The van der Waals surface area contributed by atoms with Crippen LogP contribution in [0.2, 0.25) is 0 Å². The summed E-state index contributed by atoms with van der Waals surface area (Å²) in [5.74, 6) is 0. The van der Waals surface area contributed by atoms with Crippen LogP contribution in [-0.2, 0) is 0 Å². The quantitative estimate of drug-likeness (QED) is 0.597. The third-order valence-electron chi connectivity index (χ3n) is 2.47. The van der Waals surface area contributed by atoms with Crippen molar-refractivity contribution in [3.05, 3.63) is 0 Å². The number of nitrogens with two attached hydrogens (primary N) is 1. The summed E-state index contributed by atoms with van der Waals surface area (Å²) in [6.45, 7) is 5.57. The summed E-state index contributed by atoms with van der Waals surface area (Å²) in [5, 5.41) is 9.87. The van der Waals surface area contributed by atoms with E-state index in [2.05, 4.69) is 11.8 Å². The molecule has 1 aliphatic rings. The second-order valence-electron chi connectivity index (χ2n) is 3.38. The molecular weight excluding hydrogens is 140 g/mol. The normalized spacial score (nSPS) is 33.0. The van der Waals surface area contributed by atoms with E-state index in [1.54, 1.807) is 0 Å². The summed E-state index contributed by atoms with van der Waals surface area (Å²) in [4.78, 5) is 2.26. The van der Waals surface area contributed by atoms with Gasteiger partial charge in [0.25, 0.3) is 0 Å². The van der Waals surface area contributed by atoms with Crippen LogP contribution >= 0.6 is 0 Å². The number of rotatable bonds is 3. The van der Waals surface area contributed by atoms with Crippen molar-refractivity contribution in [2.45, 2.75) is 25.4 Å². The smallest absolute Gasteiger partial charge is 0.0798 e. The highest BCUT2D eigenvalue weighted by molar-refractivity contribution is 4.89. The van der Waals surface area contributed by atoms with Crippen molar-refractivity contribution in [2.24, 2.45) is 5.73 Å². The molecule has 0 aromatic heterocycles. The Bertz CT molecular complexity index is 129. The van der Waals surface area contributed by atoms with Crippen LogP contribution in [0.5, 0.6) is 0 Å². The lowest BCUT2D eigenvalue weighted by atomic mass is 9.99. The van der Waals surface area contributed by atoms with Crippen molar-refractivity contribution in [3.63, 3.8) is 0 Å². The fraction of sp³-hybridized carbons (Fsp3) is 1.00. The summed E-state index contributed by atoms with van der Waals surface area (Å²) in [6.07, 6.45) is 1.63. The Balaban J connectivity index is 2.37. The van der Waals surface area contributed by atoms with Gasteiger partial charge in [0.1, 0.15) is 0 Å². The maximum absolute atomic E-state index is 9.87. The molecule has 0 aliphatic carbocycles. The molecule has 3 N–H and O–H groups in total. The molecule has 3 heteroatoms. The molecule has 3 nitrogen and oxygen atoms in total. The lowest BCUT2D eigenvalue weighted by Crippen LogP contribution is -2.35. The van der Waals surface area contributed by atoms with Crippen LogP contribution < -0.4 is 5.73 Å². The zero-order chi connectivity index (χ0) is 8.32. The number of aliphatic hydroxyl groups is 1. The number of likely N-dealkylation sites (tertiary alicyclic amines) is 1. The topological polar surface area (TPSA) is 49.5 Å². The van der Waals surface area contributed by atoms with Crippen LogP contribution in [0.3, 0.4) is 0 Å². The molecule has 1 aliphatic heterocycles. The van der Waals surface area contributed by atoms with Gasteiger partial charge in [0.15, 0.2) is 0 Å². The van der Waals surface area contributed by atoms with E-state index in [-0.39, 0.29) is 0 Å². The number of β-amino-alcohol motifs (C(OH)–C–C–N with tert-alkyl or cyclic N) is 1. The Labute approximate surface area is 68.2 Å². The van der Waals surface area contributed by atoms with Crippen molar-refractivity contribution in [1.82, 2.24) is 4.90 Å². The van der Waals surface area contributed by atoms with Crippen molar-refractivity contribution in [2.75, 3.05) is 26.2 Å². The van der Waals surface area contributed by atoms with E-state index in [0.29, 0.717) is 6.54 Å². The molecule has 0 aromatic rings. The number of hydrogen-bond acceptors (Lipinski definition) is 3. The zero-order valence-electron chi connectivity index (χ0n) is 7.21. The van der Waals surface area contributed by atoms with Crippen molar-refractivity contribution < 1.29 is 5.11 Å². The highest BCUT2D eigenvalue weighted by Crippen LogP contribution is 2.23. The molecule has 1 atom stereocenters. The van der Waals surface area contributed by atoms with E-state index in [4.69, 9.17) is 5.73 Å². The molecule has 66 valence electrons. The lowest BCUT2D eigenvalue weighted by molar-refractivity contribution is 0.0436. The fourth-order valence-electron chi connectivity index (χ4n) is 1.68. The van der Waals surface area contributed by atoms with Crippen LogP contribution in [0.25, 0.3) is 0 Å². The first-order valence-electron chi connectivity index (χ1n) is 4.35. The summed E-state index contributed by atoms with van der Waals surface area (Å²) < 4.78 is 0. The Morgan fingerprint density at radius 3 is 2.82 bits per heavy atom. The van der Waals surface area contributed by atoms with Crippen molar-refractivity contribution in [3.8, 4) is 0 Å². The van der Waals surface area contributed by atoms with Gasteiger partial charge in [0.2, 0.25) is 0 Å². The third kappa shape index (κ3) is 2.15. The number of hydrogen-bond donors (Lipinski definition) is 2. The van der Waals surface area contributed by atoms with Crippen LogP contribution in [0, 0.1) is 0 Å². The molecular formula is C8H18N2O. The van der Waals surface area contributed by atoms with Gasteiger partial charge < -0.3 is 15.7 Å². The number of nitrogens with zero attached hydrogens (tertiary/aromatic N) is 1. The molecule has 1 rings (SSSR count). The second kappa shape index (κ2) is 3.52. The average molecular weight is 158 g/mol. The van der Waals surface area contributed by atoms with Gasteiger partial charge in [-0.2, -0.15) is 0 Å². The van der Waals surface area contributed by atoms with E-state index in [1.165, 1.54) is 0 Å². The summed E-state index contributed by atoms with van der Waals surface area (Å²) in [6, 6.07) is 0. The van der Waals surface area contributed by atoms with Gasteiger partial charge in [0, 0.05) is 13.1 Å². The molecule has 0 bridgehead atoms. The third-order valence-corrected chi connectivity index (χ3v) is 2.47. The molecule has 0 radical (unpaired) electrons. The molecule has 11 heavy (non-hydrogen) atoms. The second-order valence-corrected chi connectivity index (χ2v) is 3.38. The molecule has 1 fully saturated rings. The predicted molar refractivity (Wildman–Crippen MR) is 45.4 cm³/mol.